The summed E-state index contributed by atoms with van der Waals surface area (Å²) in [5, 5.41) is 8.08. The number of benzene rings is 2. The fraction of sp³-hybridized carbons (Fsp3) is 0.333. The van der Waals surface area contributed by atoms with Crippen molar-refractivity contribution in [1.29, 1.82) is 0 Å². The van der Waals surface area contributed by atoms with Crippen LogP contribution in [0.2, 0.25) is 0 Å². The molecule has 2 heterocycles. The molecule has 1 aliphatic heterocycles. The van der Waals surface area contributed by atoms with E-state index >= 15 is 0 Å². The van der Waals surface area contributed by atoms with E-state index < -0.39 is 0 Å². The van der Waals surface area contributed by atoms with Gasteiger partial charge >= 0.3 is 0 Å². The first-order chi connectivity index (χ1) is 12.8. The van der Waals surface area contributed by atoms with Gasteiger partial charge in [-0.05, 0) is 0 Å². The van der Waals surface area contributed by atoms with Crippen LogP contribution in [-0.2, 0) is 6.54 Å². The van der Waals surface area contributed by atoms with E-state index in [0.29, 0.717) is 11.9 Å². The van der Waals surface area contributed by atoms with Gasteiger partial charge in [0.05, 0.1) is 0 Å². The molecule has 1 fully saturated rings. The van der Waals surface area contributed by atoms with Crippen LogP contribution in [0.4, 0.5) is 0 Å². The molecule has 5 heteroatoms. The van der Waals surface area contributed by atoms with Gasteiger partial charge in [-0.25, -0.2) is 0 Å². The number of piperazine rings is 1. The second kappa shape index (κ2) is 7.81. The second-order valence-electron chi connectivity index (χ2n) is 7.05. The van der Waals surface area contributed by atoms with Crippen molar-refractivity contribution in [2.24, 2.45) is 0 Å². The van der Waals surface area contributed by atoms with Gasteiger partial charge in [0, 0.05) is 18.1 Å². The number of quaternary nitrogens is 2. The molecule has 26 heavy (non-hydrogen) atoms. The minimum absolute atomic E-state index is 0.393. The van der Waals surface area contributed by atoms with E-state index in [4.69, 9.17) is 4.42 Å². The first-order valence-corrected chi connectivity index (χ1v) is 9.36. The molecule has 1 aliphatic rings. The lowest BCUT2D eigenvalue weighted by molar-refractivity contribution is -1.03. The second-order valence-corrected chi connectivity index (χ2v) is 7.05. The van der Waals surface area contributed by atoms with Crippen molar-refractivity contribution in [2.75, 3.05) is 26.2 Å². The Morgan fingerprint density at radius 1 is 0.846 bits per heavy atom. The molecule has 0 saturated carbocycles. The van der Waals surface area contributed by atoms with Crippen molar-refractivity contribution >= 4 is 0 Å². The molecule has 0 amide bonds. The van der Waals surface area contributed by atoms with Crippen LogP contribution < -0.4 is 9.80 Å². The lowest BCUT2D eigenvalue weighted by Crippen LogP contribution is -3.27. The standard InChI is InChI=1S/C21H24N4O/c1-17-22-23-20(26-17)16-24-12-14-25(15-13-24)21(18-8-4-2-5-9-18)19-10-6-3-7-11-19/h2-11,21H,12-16H2,1H3/p+2. The maximum absolute atomic E-state index is 5.55. The molecule has 0 bridgehead atoms. The van der Waals surface area contributed by atoms with E-state index in [2.05, 4.69) is 70.9 Å². The van der Waals surface area contributed by atoms with Gasteiger partial charge in [0.15, 0.2) is 6.54 Å². The zero-order valence-corrected chi connectivity index (χ0v) is 15.2. The summed E-state index contributed by atoms with van der Waals surface area (Å²) < 4.78 is 5.55. The highest BCUT2D eigenvalue weighted by Crippen LogP contribution is 2.18. The fourth-order valence-electron chi connectivity index (χ4n) is 3.97. The maximum atomic E-state index is 5.55. The Morgan fingerprint density at radius 2 is 1.42 bits per heavy atom. The molecule has 0 atom stereocenters. The summed E-state index contributed by atoms with van der Waals surface area (Å²) in [6, 6.07) is 22.2. The topological polar surface area (TPSA) is 47.8 Å². The largest absolute Gasteiger partial charge is 0.420 e. The Labute approximate surface area is 154 Å². The van der Waals surface area contributed by atoms with Gasteiger partial charge in [0.25, 0.3) is 5.89 Å². The minimum Gasteiger partial charge on any atom is -0.420 e. The molecular formula is C21H26N4O+2. The van der Waals surface area contributed by atoms with Crippen LogP contribution >= 0.6 is 0 Å². The van der Waals surface area contributed by atoms with Gasteiger partial charge in [-0.15, -0.1) is 10.2 Å². The third-order valence-corrected chi connectivity index (χ3v) is 5.24. The third kappa shape index (κ3) is 3.84. The molecule has 4 rings (SSSR count). The predicted molar refractivity (Wildman–Crippen MR) is 98.9 cm³/mol. The molecule has 2 N–H and O–H groups in total. The normalized spacial score (nSPS) is 20.4. The Kier molecular flexibility index (Phi) is 5.09. The van der Waals surface area contributed by atoms with Crippen LogP contribution in [0.15, 0.2) is 65.1 Å². The molecule has 0 unspecified atom stereocenters. The molecule has 3 aromatic rings. The molecule has 2 aromatic carbocycles. The van der Waals surface area contributed by atoms with Crippen LogP contribution in [-0.4, -0.2) is 36.4 Å². The lowest BCUT2D eigenvalue weighted by atomic mass is 9.96. The highest BCUT2D eigenvalue weighted by Gasteiger charge is 2.32. The van der Waals surface area contributed by atoms with Crippen molar-refractivity contribution in [3.8, 4) is 0 Å². The van der Waals surface area contributed by atoms with Crippen molar-refractivity contribution in [2.45, 2.75) is 19.5 Å². The van der Waals surface area contributed by atoms with Crippen LogP contribution in [0.5, 0.6) is 0 Å². The van der Waals surface area contributed by atoms with Crippen LogP contribution in [0.3, 0.4) is 0 Å². The summed E-state index contributed by atoms with van der Waals surface area (Å²) in [6.45, 7) is 7.18. The Bertz CT molecular complexity index is 771. The number of nitrogens with one attached hydrogen (secondary N) is 2. The van der Waals surface area contributed by atoms with Crippen molar-refractivity contribution < 1.29 is 14.2 Å². The summed E-state index contributed by atoms with van der Waals surface area (Å²) in [4.78, 5) is 3.16. The summed E-state index contributed by atoms with van der Waals surface area (Å²) in [5.41, 5.74) is 2.79. The first kappa shape index (κ1) is 16.9. The smallest absolute Gasteiger partial charge is 0.271 e. The molecule has 1 saturated heterocycles. The number of hydrogen-bond donors (Lipinski definition) is 2. The fourth-order valence-corrected chi connectivity index (χ4v) is 3.97. The van der Waals surface area contributed by atoms with Crippen molar-refractivity contribution in [3.63, 3.8) is 0 Å². The molecular weight excluding hydrogens is 324 g/mol. The first-order valence-electron chi connectivity index (χ1n) is 9.36. The van der Waals surface area contributed by atoms with Gasteiger partial charge in [-0.1, -0.05) is 60.7 Å². The highest BCUT2D eigenvalue weighted by atomic mass is 16.4. The zero-order valence-electron chi connectivity index (χ0n) is 15.2. The molecule has 5 nitrogen and oxygen atoms in total. The summed E-state index contributed by atoms with van der Waals surface area (Å²) in [7, 11) is 0. The maximum Gasteiger partial charge on any atom is 0.271 e. The van der Waals surface area contributed by atoms with E-state index in [-0.39, 0.29) is 0 Å². The molecule has 134 valence electrons. The Hall–Kier alpha value is -2.50. The molecule has 0 radical (unpaired) electrons. The lowest BCUT2D eigenvalue weighted by Gasteiger charge is -2.34. The Balaban J connectivity index is 1.48. The molecule has 1 aromatic heterocycles. The quantitative estimate of drug-likeness (QED) is 0.703. The average Bonchev–Trinajstić information content (AvgIpc) is 3.10. The Morgan fingerprint density at radius 3 is 1.92 bits per heavy atom. The number of hydrogen-bond acceptors (Lipinski definition) is 3. The van der Waals surface area contributed by atoms with Crippen LogP contribution in [0, 0.1) is 6.92 Å². The van der Waals surface area contributed by atoms with Gasteiger partial charge in [0.2, 0.25) is 5.89 Å². The van der Waals surface area contributed by atoms with Gasteiger partial charge in [-0.3, -0.25) is 0 Å². The molecule has 0 aliphatic carbocycles. The highest BCUT2D eigenvalue weighted by molar-refractivity contribution is 5.29. The summed E-state index contributed by atoms with van der Waals surface area (Å²) in [5.74, 6) is 1.40. The van der Waals surface area contributed by atoms with E-state index in [1.165, 1.54) is 16.0 Å². The molecule has 0 spiro atoms. The number of rotatable bonds is 5. The SMILES string of the molecule is Cc1nnc(C[NH+]2CC[NH+](C(c3ccccc3)c3ccccc3)CC2)o1. The van der Waals surface area contributed by atoms with E-state index in [1.54, 1.807) is 4.90 Å². The van der Waals surface area contributed by atoms with E-state index in [1.807, 2.05) is 6.92 Å². The van der Waals surface area contributed by atoms with Crippen molar-refractivity contribution in [3.05, 3.63) is 83.6 Å². The number of nitrogens with zero attached hydrogens (tertiary/aromatic N) is 2. The monoisotopic (exact) mass is 350 g/mol. The summed E-state index contributed by atoms with van der Waals surface area (Å²) in [6.07, 6.45) is 0. The van der Waals surface area contributed by atoms with Gasteiger partial charge in [0.1, 0.15) is 32.2 Å². The van der Waals surface area contributed by atoms with Gasteiger partial charge < -0.3 is 14.2 Å². The zero-order chi connectivity index (χ0) is 17.8. The van der Waals surface area contributed by atoms with E-state index in [9.17, 15) is 0 Å². The van der Waals surface area contributed by atoms with Gasteiger partial charge in [-0.2, -0.15) is 0 Å². The van der Waals surface area contributed by atoms with Crippen LogP contribution in [0.1, 0.15) is 29.0 Å². The van der Waals surface area contributed by atoms with Crippen LogP contribution in [0.25, 0.3) is 0 Å². The minimum atomic E-state index is 0.393. The third-order valence-electron chi connectivity index (χ3n) is 5.24. The number of aryl methyl sites for hydroxylation is 1. The van der Waals surface area contributed by atoms with Crippen molar-refractivity contribution in [1.82, 2.24) is 10.2 Å². The van der Waals surface area contributed by atoms with E-state index in [0.717, 1.165) is 38.6 Å². The average molecular weight is 350 g/mol. The predicted octanol–water partition coefficient (Wildman–Crippen LogP) is 0.451. The number of aromatic nitrogens is 2. The summed E-state index contributed by atoms with van der Waals surface area (Å²) >= 11 is 0.